The highest BCUT2D eigenvalue weighted by Crippen LogP contribution is 2.28. The van der Waals surface area contributed by atoms with Gasteiger partial charge in [-0.1, -0.05) is 12.8 Å². The summed E-state index contributed by atoms with van der Waals surface area (Å²) in [6, 6.07) is 3.08. The van der Waals surface area contributed by atoms with Crippen LogP contribution in [0, 0.1) is 21.4 Å². The molecule has 0 unspecified atom stereocenters. The van der Waals surface area contributed by atoms with Gasteiger partial charge in [0.15, 0.2) is 0 Å². The van der Waals surface area contributed by atoms with Crippen LogP contribution in [0.4, 0.5) is 11.5 Å². The standard InChI is InChI=1S/C12H15N5O2/c13-7-8-5-6-15-12(11(8)17(18)19)16-10-4-2-1-3-9(10)14/h5-6,9-10H,1-4,14H2,(H,15,16)/t9-,10-/m1/s1. The Bertz CT molecular complexity index is 525. The summed E-state index contributed by atoms with van der Waals surface area (Å²) in [7, 11) is 0. The molecule has 0 bridgehead atoms. The third kappa shape index (κ3) is 2.80. The maximum Gasteiger partial charge on any atom is 0.328 e. The second-order valence-electron chi connectivity index (χ2n) is 4.62. The van der Waals surface area contributed by atoms with Gasteiger partial charge in [-0.15, -0.1) is 0 Å². The maximum atomic E-state index is 11.1. The topological polar surface area (TPSA) is 118 Å². The summed E-state index contributed by atoms with van der Waals surface area (Å²) in [6.45, 7) is 0. The number of rotatable bonds is 3. The number of aromatic nitrogens is 1. The predicted octanol–water partition coefficient (Wildman–Crippen LogP) is 1.54. The quantitative estimate of drug-likeness (QED) is 0.629. The number of nitriles is 1. The van der Waals surface area contributed by atoms with Gasteiger partial charge in [0, 0.05) is 18.3 Å². The first-order valence-corrected chi connectivity index (χ1v) is 6.19. The van der Waals surface area contributed by atoms with Crippen LogP contribution in [-0.2, 0) is 0 Å². The van der Waals surface area contributed by atoms with Crippen LogP contribution < -0.4 is 11.1 Å². The molecule has 3 N–H and O–H groups in total. The molecule has 7 nitrogen and oxygen atoms in total. The van der Waals surface area contributed by atoms with E-state index in [1.165, 1.54) is 12.3 Å². The minimum absolute atomic E-state index is 0.00637. The number of nitro groups is 1. The molecule has 7 heteroatoms. The van der Waals surface area contributed by atoms with Crippen molar-refractivity contribution in [2.75, 3.05) is 5.32 Å². The molecule has 0 aliphatic heterocycles. The lowest BCUT2D eigenvalue weighted by molar-refractivity contribution is -0.384. The lowest BCUT2D eigenvalue weighted by Gasteiger charge is -2.29. The molecule has 2 atom stereocenters. The van der Waals surface area contributed by atoms with E-state index in [0.717, 1.165) is 25.7 Å². The molecule has 1 aliphatic rings. The molecule has 1 saturated carbocycles. The van der Waals surface area contributed by atoms with Gasteiger partial charge in [0.25, 0.3) is 0 Å². The Morgan fingerprint density at radius 2 is 2.26 bits per heavy atom. The zero-order valence-electron chi connectivity index (χ0n) is 10.4. The first kappa shape index (κ1) is 13.2. The number of hydrogen-bond donors (Lipinski definition) is 2. The lowest BCUT2D eigenvalue weighted by atomic mass is 9.91. The van der Waals surface area contributed by atoms with Crippen molar-refractivity contribution in [3.05, 3.63) is 27.9 Å². The molecule has 100 valence electrons. The minimum Gasteiger partial charge on any atom is -0.360 e. The van der Waals surface area contributed by atoms with Gasteiger partial charge in [-0.05, 0) is 18.9 Å². The second-order valence-corrected chi connectivity index (χ2v) is 4.62. The fourth-order valence-electron chi connectivity index (χ4n) is 2.35. The van der Waals surface area contributed by atoms with Gasteiger partial charge in [-0.2, -0.15) is 5.26 Å². The highest BCUT2D eigenvalue weighted by atomic mass is 16.6. The summed E-state index contributed by atoms with van der Waals surface area (Å²) in [5.41, 5.74) is 5.73. The van der Waals surface area contributed by atoms with Crippen molar-refractivity contribution in [3.8, 4) is 6.07 Å². The van der Waals surface area contributed by atoms with Crippen molar-refractivity contribution in [2.24, 2.45) is 5.73 Å². The molecule has 1 fully saturated rings. The Kier molecular flexibility index (Phi) is 3.92. The van der Waals surface area contributed by atoms with Crippen molar-refractivity contribution < 1.29 is 4.92 Å². The molecule has 0 spiro atoms. The van der Waals surface area contributed by atoms with Crippen molar-refractivity contribution >= 4 is 11.5 Å². The largest absolute Gasteiger partial charge is 0.360 e. The minimum atomic E-state index is -0.581. The fourth-order valence-corrected chi connectivity index (χ4v) is 2.35. The van der Waals surface area contributed by atoms with Crippen molar-refractivity contribution in [1.82, 2.24) is 4.98 Å². The van der Waals surface area contributed by atoms with Crippen molar-refractivity contribution in [2.45, 2.75) is 37.8 Å². The smallest absolute Gasteiger partial charge is 0.328 e. The van der Waals surface area contributed by atoms with Crippen LogP contribution in [0.15, 0.2) is 12.3 Å². The Hall–Kier alpha value is -2.20. The Balaban J connectivity index is 2.29. The van der Waals surface area contributed by atoms with E-state index >= 15 is 0 Å². The van der Waals surface area contributed by atoms with E-state index in [9.17, 15) is 10.1 Å². The average Bonchev–Trinajstić information content (AvgIpc) is 2.40. The molecule has 19 heavy (non-hydrogen) atoms. The maximum absolute atomic E-state index is 11.1. The van der Waals surface area contributed by atoms with E-state index in [-0.39, 0.29) is 29.2 Å². The fraction of sp³-hybridized carbons (Fsp3) is 0.500. The van der Waals surface area contributed by atoms with E-state index in [1.807, 2.05) is 6.07 Å². The summed E-state index contributed by atoms with van der Waals surface area (Å²) in [6.07, 6.45) is 5.26. The molecule has 1 aromatic heterocycles. The normalized spacial score (nSPS) is 22.5. The summed E-state index contributed by atoms with van der Waals surface area (Å²) in [5, 5.41) is 23.0. The SMILES string of the molecule is N#Cc1ccnc(N[C@@H]2CCCC[C@H]2N)c1[N+](=O)[O-]. The first-order chi connectivity index (χ1) is 9.13. The number of nitrogens with one attached hydrogen (secondary N) is 1. The molecule has 0 radical (unpaired) electrons. The molecule has 2 rings (SSSR count). The van der Waals surface area contributed by atoms with Crippen LogP contribution >= 0.6 is 0 Å². The number of pyridine rings is 1. The zero-order valence-corrected chi connectivity index (χ0v) is 10.4. The van der Waals surface area contributed by atoms with Crippen LogP contribution in [-0.4, -0.2) is 22.0 Å². The predicted molar refractivity (Wildman–Crippen MR) is 69.5 cm³/mol. The third-order valence-electron chi connectivity index (χ3n) is 3.37. The Labute approximate surface area is 110 Å². The van der Waals surface area contributed by atoms with Gasteiger partial charge in [-0.3, -0.25) is 10.1 Å². The van der Waals surface area contributed by atoms with Gasteiger partial charge < -0.3 is 11.1 Å². The van der Waals surface area contributed by atoms with Gasteiger partial charge in [0.1, 0.15) is 11.6 Å². The number of anilines is 1. The van der Waals surface area contributed by atoms with E-state index in [4.69, 9.17) is 11.0 Å². The van der Waals surface area contributed by atoms with E-state index < -0.39 is 4.92 Å². The van der Waals surface area contributed by atoms with Crippen LogP contribution in [0.25, 0.3) is 0 Å². The number of nitrogens with zero attached hydrogens (tertiary/aromatic N) is 3. The van der Waals surface area contributed by atoms with E-state index in [2.05, 4.69) is 10.3 Å². The highest BCUT2D eigenvalue weighted by Gasteiger charge is 2.27. The molecule has 0 amide bonds. The Morgan fingerprint density at radius 3 is 2.89 bits per heavy atom. The van der Waals surface area contributed by atoms with E-state index in [0.29, 0.717) is 0 Å². The van der Waals surface area contributed by atoms with Crippen LogP contribution in [0.5, 0.6) is 0 Å². The summed E-state index contributed by atoms with van der Waals surface area (Å²) < 4.78 is 0. The van der Waals surface area contributed by atoms with Gasteiger partial charge in [0.05, 0.1) is 4.92 Å². The summed E-state index contributed by atoms with van der Waals surface area (Å²) >= 11 is 0. The number of hydrogen-bond acceptors (Lipinski definition) is 6. The molecule has 1 aromatic rings. The lowest BCUT2D eigenvalue weighted by Crippen LogP contribution is -2.42. The summed E-state index contributed by atoms with van der Waals surface area (Å²) in [5.74, 6) is 0.131. The van der Waals surface area contributed by atoms with Crippen LogP contribution in [0.1, 0.15) is 31.2 Å². The van der Waals surface area contributed by atoms with Gasteiger partial charge >= 0.3 is 5.69 Å². The van der Waals surface area contributed by atoms with E-state index in [1.54, 1.807) is 0 Å². The molecule has 0 aromatic carbocycles. The molecule has 1 aliphatic carbocycles. The van der Waals surface area contributed by atoms with Gasteiger partial charge in [-0.25, -0.2) is 4.98 Å². The molecule has 0 saturated heterocycles. The molecule has 1 heterocycles. The zero-order chi connectivity index (χ0) is 13.8. The number of nitrogens with two attached hydrogens (primary N) is 1. The molecular formula is C12H15N5O2. The highest BCUT2D eigenvalue weighted by molar-refractivity contribution is 5.64. The van der Waals surface area contributed by atoms with Crippen molar-refractivity contribution in [3.63, 3.8) is 0 Å². The van der Waals surface area contributed by atoms with Crippen LogP contribution in [0.2, 0.25) is 0 Å². The monoisotopic (exact) mass is 261 g/mol. The summed E-state index contributed by atoms with van der Waals surface area (Å²) in [4.78, 5) is 14.5. The average molecular weight is 261 g/mol. The van der Waals surface area contributed by atoms with Gasteiger partial charge in [0.2, 0.25) is 5.82 Å². The molecular weight excluding hydrogens is 246 g/mol. The third-order valence-corrected chi connectivity index (χ3v) is 3.37. The van der Waals surface area contributed by atoms with Crippen molar-refractivity contribution in [1.29, 1.82) is 5.26 Å². The second kappa shape index (κ2) is 5.63. The van der Waals surface area contributed by atoms with Crippen LogP contribution in [0.3, 0.4) is 0 Å². The Morgan fingerprint density at radius 1 is 1.53 bits per heavy atom. The first-order valence-electron chi connectivity index (χ1n) is 6.19.